The molecule has 0 unspecified atom stereocenters. The third-order valence-corrected chi connectivity index (χ3v) is 6.59. The summed E-state index contributed by atoms with van der Waals surface area (Å²) in [5.41, 5.74) is 3.34. The highest BCUT2D eigenvalue weighted by Crippen LogP contribution is 2.36. The predicted molar refractivity (Wildman–Crippen MR) is 133 cm³/mol. The first-order chi connectivity index (χ1) is 17.0. The van der Waals surface area contributed by atoms with Crippen molar-refractivity contribution >= 4 is 23.0 Å². The molecule has 0 aliphatic carbocycles. The van der Waals surface area contributed by atoms with E-state index < -0.39 is 5.82 Å². The number of piperidine rings is 1. The highest BCUT2D eigenvalue weighted by molar-refractivity contribution is 6.30. The van der Waals surface area contributed by atoms with E-state index in [2.05, 4.69) is 11.6 Å². The van der Waals surface area contributed by atoms with Crippen LogP contribution < -0.4 is 4.74 Å². The van der Waals surface area contributed by atoms with Gasteiger partial charge in [0.05, 0.1) is 28.0 Å². The van der Waals surface area contributed by atoms with Gasteiger partial charge < -0.3 is 9.64 Å². The number of amides is 1. The summed E-state index contributed by atoms with van der Waals surface area (Å²) in [6.45, 7) is 6.29. The Kier molecular flexibility index (Phi) is 6.26. The van der Waals surface area contributed by atoms with E-state index in [-0.39, 0.29) is 22.7 Å². The summed E-state index contributed by atoms with van der Waals surface area (Å²) in [5, 5.41) is 0.00537. The van der Waals surface area contributed by atoms with Gasteiger partial charge in [-0.2, -0.15) is 0 Å². The largest absolute Gasteiger partial charge is 0.454 e. The second-order valence-electron chi connectivity index (χ2n) is 8.48. The summed E-state index contributed by atoms with van der Waals surface area (Å²) in [4.78, 5) is 23.9. The van der Waals surface area contributed by atoms with Gasteiger partial charge in [-0.05, 0) is 68.7 Å². The van der Waals surface area contributed by atoms with Crippen molar-refractivity contribution in [2.45, 2.75) is 32.2 Å². The molecule has 178 valence electrons. The maximum absolute atomic E-state index is 14.2. The average Bonchev–Trinajstić information content (AvgIpc) is 3.27. The van der Waals surface area contributed by atoms with Gasteiger partial charge in [0.2, 0.25) is 5.91 Å². The van der Waals surface area contributed by atoms with Gasteiger partial charge in [0.1, 0.15) is 11.6 Å². The van der Waals surface area contributed by atoms with E-state index in [0.29, 0.717) is 12.3 Å². The van der Waals surface area contributed by atoms with Crippen molar-refractivity contribution in [1.82, 2.24) is 19.3 Å². The molecule has 6 nitrogen and oxygen atoms in total. The van der Waals surface area contributed by atoms with E-state index in [1.165, 1.54) is 18.2 Å². The molecule has 35 heavy (non-hydrogen) atoms. The fourth-order valence-electron chi connectivity index (χ4n) is 4.61. The molecule has 2 aromatic heterocycles. The third kappa shape index (κ3) is 4.28. The zero-order valence-electron chi connectivity index (χ0n) is 19.2. The Morgan fingerprint density at radius 2 is 2.03 bits per heavy atom. The molecular formula is C27H24ClFN4O2. The van der Waals surface area contributed by atoms with E-state index in [1.807, 2.05) is 34.6 Å². The predicted octanol–water partition coefficient (Wildman–Crippen LogP) is 6.53. The van der Waals surface area contributed by atoms with Crippen LogP contribution in [-0.4, -0.2) is 31.7 Å². The summed E-state index contributed by atoms with van der Waals surface area (Å²) >= 11 is 5.86. The van der Waals surface area contributed by atoms with Gasteiger partial charge >= 0.3 is 0 Å². The number of benzene rings is 2. The maximum atomic E-state index is 14.2. The summed E-state index contributed by atoms with van der Waals surface area (Å²) in [6, 6.07) is 11.8. The van der Waals surface area contributed by atoms with Crippen LogP contribution in [0.25, 0.3) is 16.8 Å². The van der Waals surface area contributed by atoms with Crippen molar-refractivity contribution in [2.24, 2.45) is 0 Å². The Morgan fingerprint density at radius 3 is 2.80 bits per heavy atom. The molecule has 8 heteroatoms. The molecule has 0 N–H and O–H groups in total. The fourth-order valence-corrected chi connectivity index (χ4v) is 4.77. The van der Waals surface area contributed by atoms with Crippen LogP contribution in [0.5, 0.6) is 11.5 Å². The number of halogens is 2. The standard InChI is InChI=1S/C27H24ClFN4O2/c1-3-23(34)32-15-5-4-8-21(32)27-31-25(26-17(2)30-14-16-33(26)27)18-10-12-19(13-11-18)35-22-9-6-7-20(28)24(22)29/h3,6-7,9-14,16,21H,1,4-5,8,15H2,2H3/t21-/m0/s1. The maximum Gasteiger partial charge on any atom is 0.246 e. The monoisotopic (exact) mass is 490 g/mol. The third-order valence-electron chi connectivity index (χ3n) is 6.30. The van der Waals surface area contributed by atoms with Crippen LogP contribution in [0.3, 0.4) is 0 Å². The Bertz CT molecular complexity index is 1420. The van der Waals surface area contributed by atoms with Gasteiger partial charge in [0, 0.05) is 24.5 Å². The number of hydrogen-bond acceptors (Lipinski definition) is 4. The van der Waals surface area contributed by atoms with Crippen molar-refractivity contribution in [3.63, 3.8) is 0 Å². The lowest BCUT2D eigenvalue weighted by Crippen LogP contribution is -2.38. The Labute approximate surface area is 207 Å². The van der Waals surface area contributed by atoms with Crippen LogP contribution in [0.15, 0.2) is 67.5 Å². The molecule has 1 saturated heterocycles. The minimum atomic E-state index is -0.601. The molecule has 2 aromatic carbocycles. The number of aryl methyl sites for hydroxylation is 1. The van der Waals surface area contributed by atoms with Gasteiger partial charge in [0.15, 0.2) is 11.6 Å². The molecule has 1 amide bonds. The number of likely N-dealkylation sites (tertiary alicyclic amines) is 1. The smallest absolute Gasteiger partial charge is 0.246 e. The lowest BCUT2D eigenvalue weighted by Gasteiger charge is -2.34. The van der Waals surface area contributed by atoms with Crippen LogP contribution in [-0.2, 0) is 4.79 Å². The molecule has 3 heterocycles. The van der Waals surface area contributed by atoms with Gasteiger partial charge in [-0.15, -0.1) is 0 Å². The molecule has 4 aromatic rings. The first kappa shape index (κ1) is 23.1. The van der Waals surface area contributed by atoms with E-state index in [0.717, 1.165) is 47.6 Å². The number of ether oxygens (including phenoxy) is 1. The number of imidazole rings is 1. The highest BCUT2D eigenvalue weighted by Gasteiger charge is 2.31. The van der Waals surface area contributed by atoms with Crippen LogP contribution in [0.1, 0.15) is 36.8 Å². The van der Waals surface area contributed by atoms with Gasteiger partial charge in [-0.25, -0.2) is 9.37 Å². The first-order valence-corrected chi connectivity index (χ1v) is 11.8. The number of carbonyl (C=O) groups is 1. The highest BCUT2D eigenvalue weighted by atomic mass is 35.5. The van der Waals surface area contributed by atoms with Crippen molar-refractivity contribution in [3.05, 3.63) is 89.9 Å². The Morgan fingerprint density at radius 1 is 1.23 bits per heavy atom. The van der Waals surface area contributed by atoms with E-state index in [4.69, 9.17) is 21.3 Å². The molecule has 1 aliphatic heterocycles. The normalized spacial score (nSPS) is 15.9. The van der Waals surface area contributed by atoms with Crippen LogP contribution in [0.4, 0.5) is 4.39 Å². The number of hydrogen-bond donors (Lipinski definition) is 0. The molecule has 0 bridgehead atoms. The summed E-state index contributed by atoms with van der Waals surface area (Å²) < 4.78 is 22.0. The number of nitrogens with zero attached hydrogens (tertiary/aromatic N) is 4. The Balaban J connectivity index is 1.54. The molecule has 1 aliphatic rings. The zero-order valence-corrected chi connectivity index (χ0v) is 20.0. The number of carbonyl (C=O) groups excluding carboxylic acids is 1. The minimum Gasteiger partial charge on any atom is -0.454 e. The van der Waals surface area contributed by atoms with Gasteiger partial charge in [-0.1, -0.05) is 24.2 Å². The topological polar surface area (TPSA) is 59.7 Å². The van der Waals surface area contributed by atoms with E-state index >= 15 is 0 Å². The van der Waals surface area contributed by atoms with Crippen LogP contribution >= 0.6 is 11.6 Å². The average molecular weight is 491 g/mol. The van der Waals surface area contributed by atoms with E-state index in [1.54, 1.807) is 24.4 Å². The zero-order chi connectivity index (χ0) is 24.5. The SMILES string of the molecule is C=CC(=O)N1CCCC[C@H]1c1nc(-c2ccc(Oc3cccc(Cl)c3F)cc2)c2c(C)nccn12. The van der Waals surface area contributed by atoms with Crippen molar-refractivity contribution in [3.8, 4) is 22.8 Å². The lowest BCUT2D eigenvalue weighted by atomic mass is 10.0. The summed E-state index contributed by atoms with van der Waals surface area (Å²) in [6.07, 6.45) is 7.81. The van der Waals surface area contributed by atoms with Crippen molar-refractivity contribution in [2.75, 3.05) is 6.54 Å². The first-order valence-electron chi connectivity index (χ1n) is 11.5. The number of aromatic nitrogens is 3. The fraction of sp³-hybridized carbons (Fsp3) is 0.222. The summed E-state index contributed by atoms with van der Waals surface area (Å²) in [5.74, 6) is 0.647. The van der Waals surface area contributed by atoms with Gasteiger partial charge in [-0.3, -0.25) is 14.2 Å². The Hall–Kier alpha value is -3.71. The second kappa shape index (κ2) is 9.50. The molecular weight excluding hydrogens is 467 g/mol. The number of fused-ring (bicyclic) bond motifs is 1. The van der Waals surface area contributed by atoms with Gasteiger partial charge in [0.25, 0.3) is 0 Å². The van der Waals surface area contributed by atoms with Crippen molar-refractivity contribution in [1.29, 1.82) is 0 Å². The molecule has 1 fully saturated rings. The molecule has 0 spiro atoms. The molecule has 0 saturated carbocycles. The second-order valence-corrected chi connectivity index (χ2v) is 8.88. The quantitative estimate of drug-likeness (QED) is 0.298. The van der Waals surface area contributed by atoms with Crippen molar-refractivity contribution < 1.29 is 13.9 Å². The number of rotatable bonds is 5. The lowest BCUT2D eigenvalue weighted by molar-refractivity contribution is -0.129. The summed E-state index contributed by atoms with van der Waals surface area (Å²) in [7, 11) is 0. The molecule has 0 radical (unpaired) electrons. The molecule has 1 atom stereocenters. The van der Waals surface area contributed by atoms with Crippen LogP contribution in [0, 0.1) is 12.7 Å². The van der Waals surface area contributed by atoms with E-state index in [9.17, 15) is 9.18 Å². The molecule has 5 rings (SSSR count). The van der Waals surface area contributed by atoms with Crippen LogP contribution in [0.2, 0.25) is 5.02 Å². The minimum absolute atomic E-state index is 0.00537.